The molecule has 0 radical (unpaired) electrons. The highest BCUT2D eigenvalue weighted by Gasteiger charge is 2.23. The average molecular weight is 361 g/mol. The van der Waals surface area contributed by atoms with Crippen LogP contribution in [0.5, 0.6) is 0 Å². The Hall–Kier alpha value is -2.01. The highest BCUT2D eigenvalue weighted by atomic mass is 32.1. The van der Waals surface area contributed by atoms with Crippen LogP contribution in [0.1, 0.15) is 19.4 Å². The van der Waals surface area contributed by atoms with Gasteiger partial charge in [-0.3, -0.25) is 25.1 Å². The third-order valence-electron chi connectivity index (χ3n) is 2.76. The number of thiol groups is 2. The van der Waals surface area contributed by atoms with E-state index in [1.165, 1.54) is 4.90 Å². The van der Waals surface area contributed by atoms with Crippen molar-refractivity contribution in [2.24, 2.45) is 0 Å². The van der Waals surface area contributed by atoms with Crippen molar-refractivity contribution in [1.29, 1.82) is 0 Å². The fourth-order valence-electron chi connectivity index (χ4n) is 1.79. The Morgan fingerprint density at radius 2 is 1.57 bits per heavy atom. The molecule has 1 rings (SSSR count). The van der Waals surface area contributed by atoms with E-state index in [-0.39, 0.29) is 12.2 Å². The summed E-state index contributed by atoms with van der Waals surface area (Å²) in [6, 6.07) is 3.06. The van der Waals surface area contributed by atoms with E-state index in [9.17, 15) is 25.0 Å². The zero-order valence-electron chi connectivity index (χ0n) is 12.3. The monoisotopic (exact) mass is 361 g/mol. The van der Waals surface area contributed by atoms with E-state index in [2.05, 4.69) is 25.3 Å². The standard InChI is InChI=1S/C12H15N3O6S2/c1-7(22)13(8(2)23)12(16)21-6-9-3-10(14(17)18)5-11(4-9)15(19)20/h3-5,7-8,22-23H,6H2,1-2H3. The SMILES string of the molecule is CC(S)N(C(=O)OCc1cc([N+](=O)[O-])cc([N+](=O)[O-])c1)C(C)S. The van der Waals surface area contributed by atoms with Gasteiger partial charge in [-0.15, -0.1) is 0 Å². The molecule has 0 spiro atoms. The quantitative estimate of drug-likeness (QED) is 0.348. The number of hydrogen-bond acceptors (Lipinski definition) is 8. The van der Waals surface area contributed by atoms with Crippen molar-refractivity contribution in [3.05, 3.63) is 44.0 Å². The lowest BCUT2D eigenvalue weighted by Crippen LogP contribution is -2.40. The second-order valence-electron chi connectivity index (χ2n) is 4.60. The Bertz CT molecular complexity index is 583. The minimum atomic E-state index is -0.754. The fraction of sp³-hybridized carbons (Fsp3) is 0.417. The van der Waals surface area contributed by atoms with Crippen LogP contribution in [0.2, 0.25) is 0 Å². The average Bonchev–Trinajstić information content (AvgIpc) is 2.43. The molecule has 0 aromatic heterocycles. The molecule has 11 heteroatoms. The van der Waals surface area contributed by atoms with Gasteiger partial charge < -0.3 is 4.74 Å². The summed E-state index contributed by atoms with van der Waals surface area (Å²) in [4.78, 5) is 33.3. The highest BCUT2D eigenvalue weighted by molar-refractivity contribution is 7.81. The maximum Gasteiger partial charge on any atom is 0.411 e. The molecule has 1 aromatic rings. The zero-order valence-corrected chi connectivity index (χ0v) is 14.1. The maximum atomic E-state index is 12.0. The molecule has 0 bridgehead atoms. The van der Waals surface area contributed by atoms with Gasteiger partial charge in [0.05, 0.1) is 26.7 Å². The van der Waals surface area contributed by atoms with Crippen molar-refractivity contribution >= 4 is 42.7 Å². The van der Waals surface area contributed by atoms with Crippen LogP contribution in [0.15, 0.2) is 18.2 Å². The van der Waals surface area contributed by atoms with Crippen LogP contribution in [0.4, 0.5) is 16.2 Å². The minimum absolute atomic E-state index is 0.137. The second-order valence-corrected chi connectivity index (χ2v) is 6.09. The van der Waals surface area contributed by atoms with Gasteiger partial charge in [-0.25, -0.2) is 4.79 Å². The molecule has 0 saturated carbocycles. The van der Waals surface area contributed by atoms with E-state index >= 15 is 0 Å². The number of hydrogen-bond donors (Lipinski definition) is 2. The van der Waals surface area contributed by atoms with E-state index in [0.717, 1.165) is 18.2 Å². The summed E-state index contributed by atoms with van der Waals surface area (Å²) in [5.41, 5.74) is -0.766. The van der Waals surface area contributed by atoms with Gasteiger partial charge >= 0.3 is 6.09 Å². The van der Waals surface area contributed by atoms with Crippen molar-refractivity contribution < 1.29 is 19.4 Å². The Kier molecular flexibility index (Phi) is 6.63. The summed E-state index contributed by atoms with van der Waals surface area (Å²) in [7, 11) is 0. The number of nitro groups is 2. The highest BCUT2D eigenvalue weighted by Crippen LogP contribution is 2.23. The zero-order chi connectivity index (χ0) is 17.7. The molecule has 0 heterocycles. The molecule has 0 aliphatic heterocycles. The Morgan fingerprint density at radius 1 is 1.13 bits per heavy atom. The van der Waals surface area contributed by atoms with Crippen molar-refractivity contribution in [3.8, 4) is 0 Å². The lowest BCUT2D eigenvalue weighted by atomic mass is 10.2. The van der Waals surface area contributed by atoms with Crippen molar-refractivity contribution in [2.75, 3.05) is 0 Å². The first-order chi connectivity index (χ1) is 10.6. The lowest BCUT2D eigenvalue weighted by molar-refractivity contribution is -0.394. The molecule has 0 N–H and O–H groups in total. The maximum absolute atomic E-state index is 12.0. The van der Waals surface area contributed by atoms with E-state index in [4.69, 9.17) is 4.74 Å². The van der Waals surface area contributed by atoms with Crippen LogP contribution in [0, 0.1) is 20.2 Å². The number of benzene rings is 1. The van der Waals surface area contributed by atoms with Crippen LogP contribution >= 0.6 is 25.3 Å². The van der Waals surface area contributed by atoms with Gasteiger partial charge in [0.2, 0.25) is 0 Å². The van der Waals surface area contributed by atoms with Crippen LogP contribution in [-0.4, -0.2) is 31.6 Å². The fourth-order valence-corrected chi connectivity index (χ4v) is 2.48. The smallest absolute Gasteiger partial charge is 0.411 e. The lowest BCUT2D eigenvalue weighted by Gasteiger charge is -2.28. The molecule has 1 amide bonds. The van der Waals surface area contributed by atoms with Crippen LogP contribution < -0.4 is 0 Å². The van der Waals surface area contributed by atoms with Gasteiger partial charge in [-0.1, -0.05) is 0 Å². The first kappa shape index (κ1) is 19.0. The summed E-state index contributed by atoms with van der Waals surface area (Å²) in [6.07, 6.45) is -0.732. The normalized spacial score (nSPS) is 13.0. The van der Waals surface area contributed by atoms with E-state index in [1.54, 1.807) is 13.8 Å². The number of carbonyl (C=O) groups is 1. The Morgan fingerprint density at radius 3 is 1.91 bits per heavy atom. The van der Waals surface area contributed by atoms with Crippen molar-refractivity contribution in [3.63, 3.8) is 0 Å². The Labute approximate surface area is 142 Å². The van der Waals surface area contributed by atoms with Crippen LogP contribution in [-0.2, 0) is 11.3 Å². The van der Waals surface area contributed by atoms with E-state index < -0.39 is 38.1 Å². The number of amides is 1. The summed E-state index contributed by atoms with van der Waals surface area (Å²) in [5, 5.41) is 20.7. The largest absolute Gasteiger partial charge is 0.444 e. The van der Waals surface area contributed by atoms with Gasteiger partial charge in [0.1, 0.15) is 6.61 Å². The first-order valence-corrected chi connectivity index (χ1v) is 7.40. The number of non-ortho nitro benzene ring substituents is 2. The van der Waals surface area contributed by atoms with Gasteiger partial charge in [0.15, 0.2) is 0 Å². The molecule has 0 aliphatic rings. The number of carbonyl (C=O) groups excluding carboxylic acids is 1. The number of nitrogens with zero attached hydrogens (tertiary/aromatic N) is 3. The van der Waals surface area contributed by atoms with Gasteiger partial charge in [-0.2, -0.15) is 25.3 Å². The summed E-state index contributed by atoms with van der Waals surface area (Å²) >= 11 is 8.27. The van der Waals surface area contributed by atoms with Crippen LogP contribution in [0.25, 0.3) is 0 Å². The van der Waals surface area contributed by atoms with E-state index in [0.29, 0.717) is 0 Å². The number of rotatable bonds is 6. The number of ether oxygens (including phenoxy) is 1. The molecular weight excluding hydrogens is 346 g/mol. The predicted octanol–water partition coefficient (Wildman–Crippen LogP) is 2.99. The van der Waals surface area contributed by atoms with Crippen molar-refractivity contribution in [2.45, 2.75) is 31.2 Å². The van der Waals surface area contributed by atoms with Gasteiger partial charge in [0.25, 0.3) is 11.4 Å². The molecule has 0 aliphatic carbocycles. The number of nitro benzene ring substituents is 2. The topological polar surface area (TPSA) is 116 Å². The van der Waals surface area contributed by atoms with Gasteiger partial charge in [0, 0.05) is 17.7 Å². The minimum Gasteiger partial charge on any atom is -0.444 e. The molecule has 9 nitrogen and oxygen atoms in total. The van der Waals surface area contributed by atoms with Crippen molar-refractivity contribution in [1.82, 2.24) is 4.90 Å². The summed E-state index contributed by atoms with van der Waals surface area (Å²) in [5.74, 6) is 0. The molecular formula is C12H15N3O6S2. The molecule has 2 unspecified atom stereocenters. The van der Waals surface area contributed by atoms with E-state index in [1.807, 2.05) is 0 Å². The third kappa shape index (κ3) is 5.28. The molecule has 0 saturated heterocycles. The van der Waals surface area contributed by atoms with Crippen LogP contribution in [0.3, 0.4) is 0 Å². The molecule has 0 fully saturated rings. The van der Waals surface area contributed by atoms with Gasteiger partial charge in [-0.05, 0) is 13.8 Å². The summed E-state index contributed by atoms with van der Waals surface area (Å²) in [6.45, 7) is 2.95. The first-order valence-electron chi connectivity index (χ1n) is 6.37. The second kappa shape index (κ2) is 8.02. The molecule has 23 heavy (non-hydrogen) atoms. The Balaban J connectivity index is 2.94. The summed E-state index contributed by atoms with van der Waals surface area (Å²) < 4.78 is 5.03. The third-order valence-corrected chi connectivity index (χ3v) is 3.26. The molecule has 126 valence electrons. The predicted molar refractivity (Wildman–Crippen MR) is 88.7 cm³/mol. The molecule has 1 aromatic carbocycles. The molecule has 2 atom stereocenters.